The van der Waals surface area contributed by atoms with Gasteiger partial charge in [0.25, 0.3) is 5.91 Å². The number of unbranched alkanes of at least 4 members (excludes halogenated alkanes) is 2. The maximum atomic E-state index is 12.4. The molecule has 0 saturated carbocycles. The van der Waals surface area contributed by atoms with E-state index in [1.165, 1.54) is 11.8 Å². The molecule has 4 nitrogen and oxygen atoms in total. The normalized spacial score (nSPS) is 16.4. The van der Waals surface area contributed by atoms with Gasteiger partial charge in [-0.05, 0) is 36.6 Å². The van der Waals surface area contributed by atoms with Crippen molar-refractivity contribution >= 4 is 57.9 Å². The van der Waals surface area contributed by atoms with E-state index in [1.54, 1.807) is 23.1 Å². The summed E-state index contributed by atoms with van der Waals surface area (Å²) in [6.45, 7) is 0.530. The predicted molar refractivity (Wildman–Crippen MR) is 97.4 cm³/mol. The summed E-state index contributed by atoms with van der Waals surface area (Å²) >= 11 is 12.4. The molecule has 122 valence electrons. The van der Waals surface area contributed by atoms with Gasteiger partial charge < -0.3 is 5.11 Å². The van der Waals surface area contributed by atoms with Crippen LogP contribution in [0.5, 0.6) is 0 Å². The van der Waals surface area contributed by atoms with Crippen LogP contribution in [0.4, 0.5) is 0 Å². The summed E-state index contributed by atoms with van der Waals surface area (Å²) in [4.78, 5) is 25.0. The highest BCUT2D eigenvalue weighted by Crippen LogP contribution is 2.32. The molecule has 1 aliphatic heterocycles. The summed E-state index contributed by atoms with van der Waals surface area (Å²) in [5, 5.41) is 9.25. The first-order valence-electron chi connectivity index (χ1n) is 7.20. The summed E-state index contributed by atoms with van der Waals surface area (Å²) in [6, 6.07) is 7.24. The second kappa shape index (κ2) is 8.47. The zero-order valence-electron chi connectivity index (χ0n) is 12.3. The Morgan fingerprint density at radius 3 is 2.61 bits per heavy atom. The summed E-state index contributed by atoms with van der Waals surface area (Å²) in [5.74, 6) is -0.880. The highest BCUT2D eigenvalue weighted by molar-refractivity contribution is 8.26. The molecule has 1 aromatic rings. The average molecular weight is 370 g/mol. The molecule has 0 aliphatic carbocycles. The van der Waals surface area contributed by atoms with E-state index in [-0.39, 0.29) is 12.3 Å². The molecule has 0 radical (unpaired) electrons. The SMILES string of the molecule is O=C(O)CCCCCN1C(=O)/C(=C/c2ccc(Cl)cc2)SC1=S. The first-order valence-corrected chi connectivity index (χ1v) is 8.80. The molecule has 1 fully saturated rings. The van der Waals surface area contributed by atoms with E-state index in [4.69, 9.17) is 28.9 Å². The van der Waals surface area contributed by atoms with Crippen molar-refractivity contribution in [3.8, 4) is 0 Å². The number of thiocarbonyl (C=S) groups is 1. The largest absolute Gasteiger partial charge is 0.481 e. The molecule has 7 heteroatoms. The standard InChI is InChI=1S/C16H16ClNO3S2/c17-12-7-5-11(6-8-12)10-13-15(21)18(16(22)23-13)9-3-1-2-4-14(19)20/h5-8,10H,1-4,9H2,(H,19,20)/b13-10-. The molecular weight excluding hydrogens is 354 g/mol. The number of carbonyl (C=O) groups excluding carboxylic acids is 1. The van der Waals surface area contributed by atoms with Crippen molar-refractivity contribution in [3.63, 3.8) is 0 Å². The molecule has 1 amide bonds. The van der Waals surface area contributed by atoms with Crippen LogP contribution in [0, 0.1) is 0 Å². The number of aliphatic carboxylic acids is 1. The van der Waals surface area contributed by atoms with E-state index in [1.807, 2.05) is 12.1 Å². The molecule has 0 bridgehead atoms. The Morgan fingerprint density at radius 1 is 1.26 bits per heavy atom. The Labute approximate surface area is 149 Å². The molecule has 0 atom stereocenters. The Bertz CT molecular complexity index is 643. The topological polar surface area (TPSA) is 57.6 Å². The third-order valence-electron chi connectivity index (χ3n) is 3.31. The van der Waals surface area contributed by atoms with Crippen molar-refractivity contribution in [1.82, 2.24) is 4.90 Å². The van der Waals surface area contributed by atoms with E-state index >= 15 is 0 Å². The Hall–Kier alpha value is -1.37. The maximum Gasteiger partial charge on any atom is 0.303 e. The lowest BCUT2D eigenvalue weighted by molar-refractivity contribution is -0.137. The zero-order valence-corrected chi connectivity index (χ0v) is 14.7. The number of carbonyl (C=O) groups is 2. The van der Waals surface area contributed by atoms with E-state index in [0.29, 0.717) is 27.2 Å². The lowest BCUT2D eigenvalue weighted by atomic mass is 10.2. The van der Waals surface area contributed by atoms with Gasteiger partial charge in [0.15, 0.2) is 0 Å². The molecule has 2 rings (SSSR count). The fraction of sp³-hybridized carbons (Fsp3) is 0.312. The number of thioether (sulfide) groups is 1. The first kappa shape index (κ1) is 18.0. The highest BCUT2D eigenvalue weighted by Gasteiger charge is 2.31. The van der Waals surface area contributed by atoms with Crippen LogP contribution in [-0.4, -0.2) is 32.7 Å². The minimum atomic E-state index is -0.790. The van der Waals surface area contributed by atoms with Crippen molar-refractivity contribution in [3.05, 3.63) is 39.8 Å². The van der Waals surface area contributed by atoms with Crippen LogP contribution in [0.1, 0.15) is 31.2 Å². The lowest BCUT2D eigenvalue weighted by Crippen LogP contribution is -2.29. The Morgan fingerprint density at radius 2 is 1.96 bits per heavy atom. The lowest BCUT2D eigenvalue weighted by Gasteiger charge is -2.13. The Kier molecular flexibility index (Phi) is 6.62. The summed E-state index contributed by atoms with van der Waals surface area (Å²) in [6.07, 6.45) is 4.09. The van der Waals surface area contributed by atoms with Crippen molar-refractivity contribution in [2.24, 2.45) is 0 Å². The molecule has 23 heavy (non-hydrogen) atoms. The van der Waals surface area contributed by atoms with Crippen molar-refractivity contribution < 1.29 is 14.7 Å². The van der Waals surface area contributed by atoms with Crippen LogP contribution in [0.15, 0.2) is 29.2 Å². The number of nitrogens with zero attached hydrogens (tertiary/aromatic N) is 1. The number of hydrogen-bond acceptors (Lipinski definition) is 4. The number of halogens is 1. The molecule has 1 N–H and O–H groups in total. The summed E-state index contributed by atoms with van der Waals surface area (Å²) in [5.41, 5.74) is 0.899. The highest BCUT2D eigenvalue weighted by atomic mass is 35.5. The van der Waals surface area contributed by atoms with Crippen molar-refractivity contribution in [1.29, 1.82) is 0 Å². The monoisotopic (exact) mass is 369 g/mol. The molecular formula is C16H16ClNO3S2. The third-order valence-corrected chi connectivity index (χ3v) is 4.94. The van der Waals surface area contributed by atoms with Gasteiger partial charge in [-0.2, -0.15) is 0 Å². The Balaban J connectivity index is 1.91. The van der Waals surface area contributed by atoms with E-state index in [0.717, 1.165) is 18.4 Å². The fourth-order valence-corrected chi connectivity index (χ4v) is 3.56. The molecule has 1 heterocycles. The van der Waals surface area contributed by atoms with Crippen LogP contribution >= 0.6 is 35.6 Å². The second-order valence-electron chi connectivity index (χ2n) is 5.09. The van der Waals surface area contributed by atoms with Crippen LogP contribution in [0.3, 0.4) is 0 Å². The van der Waals surface area contributed by atoms with Crippen LogP contribution < -0.4 is 0 Å². The van der Waals surface area contributed by atoms with Gasteiger partial charge in [0.05, 0.1) is 4.91 Å². The van der Waals surface area contributed by atoms with Crippen molar-refractivity contribution in [2.75, 3.05) is 6.54 Å². The van der Waals surface area contributed by atoms with Crippen LogP contribution in [-0.2, 0) is 9.59 Å². The first-order chi connectivity index (χ1) is 11.0. The minimum absolute atomic E-state index is 0.0896. The molecule has 0 spiro atoms. The fourth-order valence-electron chi connectivity index (χ4n) is 2.13. The van der Waals surface area contributed by atoms with Gasteiger partial charge in [0, 0.05) is 18.0 Å². The van der Waals surface area contributed by atoms with Gasteiger partial charge in [-0.25, -0.2) is 0 Å². The van der Waals surface area contributed by atoms with E-state index in [9.17, 15) is 9.59 Å². The number of hydrogen-bond donors (Lipinski definition) is 1. The number of carboxylic acid groups (broad SMARTS) is 1. The van der Waals surface area contributed by atoms with Gasteiger partial charge in [-0.15, -0.1) is 0 Å². The second-order valence-corrected chi connectivity index (χ2v) is 7.20. The number of benzene rings is 1. The predicted octanol–water partition coefficient (Wildman–Crippen LogP) is 4.19. The zero-order chi connectivity index (χ0) is 16.8. The van der Waals surface area contributed by atoms with Gasteiger partial charge in [0.2, 0.25) is 0 Å². The number of amides is 1. The van der Waals surface area contributed by atoms with Gasteiger partial charge >= 0.3 is 5.97 Å². The third kappa shape index (κ3) is 5.34. The number of rotatable bonds is 7. The van der Waals surface area contributed by atoms with Crippen molar-refractivity contribution in [2.45, 2.75) is 25.7 Å². The van der Waals surface area contributed by atoms with Gasteiger partial charge in [0.1, 0.15) is 4.32 Å². The molecule has 1 aromatic carbocycles. The van der Waals surface area contributed by atoms with Gasteiger partial charge in [-0.1, -0.05) is 54.1 Å². The van der Waals surface area contributed by atoms with Crippen LogP contribution in [0.25, 0.3) is 6.08 Å². The molecule has 1 saturated heterocycles. The smallest absolute Gasteiger partial charge is 0.303 e. The maximum absolute atomic E-state index is 12.4. The van der Waals surface area contributed by atoms with E-state index in [2.05, 4.69) is 0 Å². The molecule has 1 aliphatic rings. The average Bonchev–Trinajstić information content (AvgIpc) is 2.76. The minimum Gasteiger partial charge on any atom is -0.481 e. The molecule has 0 unspecified atom stereocenters. The molecule has 0 aromatic heterocycles. The van der Waals surface area contributed by atoms with E-state index < -0.39 is 5.97 Å². The summed E-state index contributed by atoms with van der Waals surface area (Å²) < 4.78 is 0.549. The summed E-state index contributed by atoms with van der Waals surface area (Å²) in [7, 11) is 0. The van der Waals surface area contributed by atoms with Crippen LogP contribution in [0.2, 0.25) is 5.02 Å². The quantitative estimate of drug-likeness (QED) is 0.443. The number of carboxylic acids is 1. The van der Waals surface area contributed by atoms with Gasteiger partial charge in [-0.3, -0.25) is 14.5 Å².